The number of carbonyl (C=O) groups excluding carboxylic acids is 1. The van der Waals surface area contributed by atoms with Crippen molar-refractivity contribution in [3.05, 3.63) is 35.4 Å². The Morgan fingerprint density at radius 2 is 2.19 bits per heavy atom. The maximum Gasteiger partial charge on any atom is 0.303 e. The molecule has 1 atom stereocenters. The molecule has 84 valence electrons. The summed E-state index contributed by atoms with van der Waals surface area (Å²) in [5.74, 6) is 4.85. The van der Waals surface area contributed by atoms with Gasteiger partial charge in [-0.1, -0.05) is 36.1 Å². The van der Waals surface area contributed by atoms with E-state index in [-0.39, 0.29) is 12.6 Å². The number of hydrogen-bond acceptors (Lipinski definition) is 3. The smallest absolute Gasteiger partial charge is 0.303 e. The fraction of sp³-hybridized carbons (Fsp3) is 0.308. The lowest BCUT2D eigenvalue weighted by Gasteiger charge is -2.06. The first-order valence-electron chi connectivity index (χ1n) is 4.96. The second-order valence-corrected chi connectivity index (χ2v) is 3.36. The zero-order chi connectivity index (χ0) is 12.0. The van der Waals surface area contributed by atoms with E-state index in [1.54, 1.807) is 0 Å². The van der Waals surface area contributed by atoms with Gasteiger partial charge in [0.15, 0.2) is 6.61 Å². The van der Waals surface area contributed by atoms with Crippen LogP contribution in [0.2, 0.25) is 0 Å². The van der Waals surface area contributed by atoms with Crippen molar-refractivity contribution < 1.29 is 14.6 Å². The van der Waals surface area contributed by atoms with Gasteiger partial charge in [0.1, 0.15) is 6.10 Å². The van der Waals surface area contributed by atoms with Crippen LogP contribution in [0.15, 0.2) is 24.3 Å². The van der Waals surface area contributed by atoms with Gasteiger partial charge in [-0.2, -0.15) is 0 Å². The van der Waals surface area contributed by atoms with E-state index in [1.807, 2.05) is 31.2 Å². The van der Waals surface area contributed by atoms with Crippen molar-refractivity contribution in [2.75, 3.05) is 6.61 Å². The lowest BCUT2D eigenvalue weighted by atomic mass is 10.0. The Bertz CT molecular complexity index is 426. The van der Waals surface area contributed by atoms with Gasteiger partial charge in [0.2, 0.25) is 0 Å². The first-order chi connectivity index (χ1) is 7.61. The molecule has 0 bridgehead atoms. The number of esters is 1. The highest BCUT2D eigenvalue weighted by molar-refractivity contribution is 5.66. The number of benzene rings is 1. The summed E-state index contributed by atoms with van der Waals surface area (Å²) in [4.78, 5) is 10.5. The predicted octanol–water partition coefficient (Wildman–Crippen LogP) is 1.59. The Labute approximate surface area is 95.1 Å². The first kappa shape index (κ1) is 12.3. The summed E-state index contributed by atoms with van der Waals surface area (Å²) in [7, 11) is 0. The zero-order valence-electron chi connectivity index (χ0n) is 9.36. The number of aryl methyl sites for hydroxylation is 1. The van der Waals surface area contributed by atoms with E-state index in [1.165, 1.54) is 6.92 Å². The van der Waals surface area contributed by atoms with Crippen LogP contribution >= 0.6 is 0 Å². The number of aliphatic hydroxyl groups excluding tert-OH is 1. The van der Waals surface area contributed by atoms with Crippen molar-refractivity contribution in [2.45, 2.75) is 20.0 Å². The van der Waals surface area contributed by atoms with Gasteiger partial charge in [0.25, 0.3) is 0 Å². The third-order valence-corrected chi connectivity index (χ3v) is 2.07. The molecule has 0 aliphatic carbocycles. The van der Waals surface area contributed by atoms with Crippen LogP contribution in [0.5, 0.6) is 0 Å². The first-order valence-corrected chi connectivity index (χ1v) is 4.96. The molecule has 0 saturated heterocycles. The number of ether oxygens (including phenoxy) is 1. The van der Waals surface area contributed by atoms with E-state index >= 15 is 0 Å². The van der Waals surface area contributed by atoms with Gasteiger partial charge in [-0.3, -0.25) is 4.79 Å². The van der Waals surface area contributed by atoms with E-state index in [4.69, 9.17) is 0 Å². The van der Waals surface area contributed by atoms with Gasteiger partial charge in [0, 0.05) is 6.92 Å². The molecule has 0 aliphatic heterocycles. The molecule has 3 nitrogen and oxygen atoms in total. The highest BCUT2D eigenvalue weighted by Gasteiger charge is 2.05. The van der Waals surface area contributed by atoms with E-state index in [0.29, 0.717) is 0 Å². The molecule has 0 spiro atoms. The van der Waals surface area contributed by atoms with Gasteiger partial charge in [-0.15, -0.1) is 0 Å². The molecule has 0 unspecified atom stereocenters. The summed E-state index contributed by atoms with van der Waals surface area (Å²) in [5, 5.41) is 9.75. The summed E-state index contributed by atoms with van der Waals surface area (Å²) < 4.78 is 4.63. The topological polar surface area (TPSA) is 46.5 Å². The molecule has 0 aromatic heterocycles. The van der Waals surface area contributed by atoms with Gasteiger partial charge in [-0.25, -0.2) is 0 Å². The average Bonchev–Trinajstić information content (AvgIpc) is 2.24. The van der Waals surface area contributed by atoms with Crippen LogP contribution in [0.3, 0.4) is 0 Å². The lowest BCUT2D eigenvalue weighted by molar-refractivity contribution is -0.139. The zero-order valence-corrected chi connectivity index (χ0v) is 9.36. The van der Waals surface area contributed by atoms with Crippen LogP contribution in [0.25, 0.3) is 0 Å². The largest absolute Gasteiger partial charge is 0.453 e. The third kappa shape index (κ3) is 3.76. The Balaban J connectivity index is 2.62. The maximum absolute atomic E-state index is 10.5. The van der Waals surface area contributed by atoms with Crippen LogP contribution in [0.4, 0.5) is 0 Å². The van der Waals surface area contributed by atoms with Crippen molar-refractivity contribution in [3.8, 4) is 11.8 Å². The minimum absolute atomic E-state index is 0.0122. The molecule has 1 rings (SSSR count). The average molecular weight is 218 g/mol. The highest BCUT2D eigenvalue weighted by atomic mass is 16.5. The second kappa shape index (κ2) is 5.94. The van der Waals surface area contributed by atoms with Crippen LogP contribution < -0.4 is 0 Å². The Morgan fingerprint density at radius 1 is 1.50 bits per heavy atom. The van der Waals surface area contributed by atoms with Crippen LogP contribution in [-0.4, -0.2) is 17.7 Å². The normalized spacial score (nSPS) is 11.2. The Kier molecular flexibility index (Phi) is 4.56. The maximum atomic E-state index is 10.5. The second-order valence-electron chi connectivity index (χ2n) is 3.36. The van der Waals surface area contributed by atoms with Crippen molar-refractivity contribution in [2.24, 2.45) is 0 Å². The molecule has 1 N–H and O–H groups in total. The fourth-order valence-electron chi connectivity index (χ4n) is 1.25. The van der Waals surface area contributed by atoms with Crippen molar-refractivity contribution >= 4 is 5.97 Å². The van der Waals surface area contributed by atoms with E-state index in [0.717, 1.165) is 11.1 Å². The monoisotopic (exact) mass is 218 g/mol. The van der Waals surface area contributed by atoms with E-state index in [9.17, 15) is 9.90 Å². The fourth-order valence-corrected chi connectivity index (χ4v) is 1.25. The molecule has 1 aromatic rings. The van der Waals surface area contributed by atoms with Crippen molar-refractivity contribution in [1.29, 1.82) is 0 Å². The molecule has 0 saturated carbocycles. The molecule has 3 heteroatoms. The SMILES string of the molecule is CC(=O)OCC#C[C@@H](O)c1ccccc1C. The molecular weight excluding hydrogens is 204 g/mol. The summed E-state index contributed by atoms with van der Waals surface area (Å²) in [6.07, 6.45) is -0.836. The molecule has 0 heterocycles. The summed E-state index contributed by atoms with van der Waals surface area (Å²) in [6.45, 7) is 3.24. The van der Waals surface area contributed by atoms with E-state index < -0.39 is 6.10 Å². The van der Waals surface area contributed by atoms with Crippen LogP contribution in [0, 0.1) is 18.8 Å². The molecule has 16 heavy (non-hydrogen) atoms. The predicted molar refractivity (Wildman–Crippen MR) is 60.5 cm³/mol. The number of rotatable bonds is 2. The van der Waals surface area contributed by atoms with Gasteiger partial charge in [0.05, 0.1) is 0 Å². The summed E-state index contributed by atoms with van der Waals surface area (Å²) in [6, 6.07) is 7.48. The van der Waals surface area contributed by atoms with Crippen molar-refractivity contribution in [1.82, 2.24) is 0 Å². The molecule has 1 aromatic carbocycles. The van der Waals surface area contributed by atoms with Crippen LogP contribution in [0.1, 0.15) is 24.2 Å². The molecule has 0 amide bonds. The lowest BCUT2D eigenvalue weighted by Crippen LogP contribution is -2.00. The minimum Gasteiger partial charge on any atom is -0.453 e. The van der Waals surface area contributed by atoms with Gasteiger partial charge < -0.3 is 9.84 Å². The molecular formula is C13H14O3. The standard InChI is InChI=1S/C13H14O3/c1-10-6-3-4-7-12(10)13(15)8-5-9-16-11(2)14/h3-4,6-7,13,15H,9H2,1-2H3/t13-/m1/s1. The minimum atomic E-state index is -0.836. The molecule has 0 fully saturated rings. The van der Waals surface area contributed by atoms with Gasteiger partial charge in [-0.05, 0) is 18.1 Å². The highest BCUT2D eigenvalue weighted by Crippen LogP contribution is 2.15. The number of aliphatic hydroxyl groups is 1. The third-order valence-electron chi connectivity index (χ3n) is 2.07. The molecule has 0 radical (unpaired) electrons. The Morgan fingerprint density at radius 3 is 2.81 bits per heavy atom. The van der Waals surface area contributed by atoms with Gasteiger partial charge >= 0.3 is 5.97 Å². The number of carbonyl (C=O) groups is 1. The van der Waals surface area contributed by atoms with Crippen molar-refractivity contribution in [3.63, 3.8) is 0 Å². The quantitative estimate of drug-likeness (QED) is 0.605. The molecule has 0 aliphatic rings. The Hall–Kier alpha value is -1.79. The summed E-state index contributed by atoms with van der Waals surface area (Å²) in [5.41, 5.74) is 1.76. The van der Waals surface area contributed by atoms with E-state index in [2.05, 4.69) is 16.6 Å². The number of hydrogen-bond donors (Lipinski definition) is 1. The van der Waals surface area contributed by atoms with Crippen LogP contribution in [-0.2, 0) is 9.53 Å². The summed E-state index contributed by atoms with van der Waals surface area (Å²) >= 11 is 0.